The Morgan fingerprint density at radius 1 is 1.10 bits per heavy atom. The minimum Gasteiger partial charge on any atom is -0.493 e. The van der Waals surface area contributed by atoms with Crippen molar-refractivity contribution >= 4 is 15.9 Å². The Hall–Kier alpha value is -2.58. The van der Waals surface area contributed by atoms with Gasteiger partial charge in [-0.05, 0) is 30.5 Å². The molecule has 8 heteroatoms. The normalized spacial score (nSPS) is 17.4. The predicted molar refractivity (Wildman–Crippen MR) is 114 cm³/mol. The summed E-state index contributed by atoms with van der Waals surface area (Å²) in [6, 6.07) is 14.3. The molecule has 1 fully saturated rings. The molecular formula is C22H28N2O5S. The van der Waals surface area contributed by atoms with Gasteiger partial charge in [0.15, 0.2) is 11.5 Å². The summed E-state index contributed by atoms with van der Waals surface area (Å²) in [5.41, 5.74) is 1.04. The highest BCUT2D eigenvalue weighted by molar-refractivity contribution is 7.89. The van der Waals surface area contributed by atoms with Crippen LogP contribution < -0.4 is 9.47 Å². The fourth-order valence-electron chi connectivity index (χ4n) is 3.74. The number of rotatable bonds is 7. The van der Waals surface area contributed by atoms with Crippen molar-refractivity contribution in [2.24, 2.45) is 5.92 Å². The molecule has 0 N–H and O–H groups in total. The number of carbonyl (C=O) groups is 1. The Balaban J connectivity index is 1.74. The van der Waals surface area contributed by atoms with Crippen molar-refractivity contribution in [1.29, 1.82) is 0 Å². The van der Waals surface area contributed by atoms with Crippen LogP contribution in [0.1, 0.15) is 18.4 Å². The Morgan fingerprint density at radius 3 is 2.47 bits per heavy atom. The van der Waals surface area contributed by atoms with E-state index in [-0.39, 0.29) is 23.3 Å². The van der Waals surface area contributed by atoms with Gasteiger partial charge in [-0.3, -0.25) is 4.79 Å². The highest BCUT2D eigenvalue weighted by Crippen LogP contribution is 2.32. The third-order valence-electron chi connectivity index (χ3n) is 5.36. The van der Waals surface area contributed by atoms with E-state index in [1.165, 1.54) is 30.7 Å². The highest BCUT2D eigenvalue weighted by atomic mass is 32.2. The monoisotopic (exact) mass is 432 g/mol. The van der Waals surface area contributed by atoms with E-state index in [0.717, 1.165) is 5.56 Å². The van der Waals surface area contributed by atoms with Crippen molar-refractivity contribution in [3.05, 3.63) is 54.1 Å². The zero-order valence-electron chi connectivity index (χ0n) is 17.6. The van der Waals surface area contributed by atoms with Crippen LogP contribution in [0.3, 0.4) is 0 Å². The number of sulfonamides is 1. The summed E-state index contributed by atoms with van der Waals surface area (Å²) in [6.45, 7) is 1.07. The van der Waals surface area contributed by atoms with E-state index >= 15 is 0 Å². The average Bonchev–Trinajstić information content (AvgIpc) is 2.78. The minimum absolute atomic E-state index is 0.0361. The maximum Gasteiger partial charge on any atom is 0.243 e. The van der Waals surface area contributed by atoms with Crippen LogP contribution in [-0.4, -0.2) is 57.9 Å². The number of nitrogens with zero attached hydrogens (tertiary/aromatic N) is 2. The maximum absolute atomic E-state index is 13.2. The molecule has 1 aliphatic heterocycles. The first-order valence-corrected chi connectivity index (χ1v) is 11.3. The van der Waals surface area contributed by atoms with Gasteiger partial charge in [-0.2, -0.15) is 4.31 Å². The molecule has 0 aliphatic carbocycles. The van der Waals surface area contributed by atoms with Crippen LogP contribution in [0.15, 0.2) is 53.4 Å². The molecule has 2 aromatic rings. The van der Waals surface area contributed by atoms with E-state index in [4.69, 9.17) is 9.47 Å². The zero-order valence-corrected chi connectivity index (χ0v) is 18.4. The van der Waals surface area contributed by atoms with Crippen molar-refractivity contribution < 1.29 is 22.7 Å². The maximum atomic E-state index is 13.2. The number of carbonyl (C=O) groups excluding carboxylic acids is 1. The Bertz CT molecular complexity index is 978. The van der Waals surface area contributed by atoms with Gasteiger partial charge in [0.2, 0.25) is 15.9 Å². The summed E-state index contributed by atoms with van der Waals surface area (Å²) in [4.78, 5) is 14.8. The molecule has 2 aromatic carbocycles. The summed E-state index contributed by atoms with van der Waals surface area (Å²) < 4.78 is 38.2. The van der Waals surface area contributed by atoms with Crippen molar-refractivity contribution in [2.45, 2.75) is 24.3 Å². The molecular weight excluding hydrogens is 404 g/mol. The molecule has 162 valence electrons. The first kappa shape index (κ1) is 22.1. The lowest BCUT2D eigenvalue weighted by Gasteiger charge is -2.33. The molecule has 1 heterocycles. The summed E-state index contributed by atoms with van der Waals surface area (Å²) in [7, 11) is 0.981. The van der Waals surface area contributed by atoms with E-state index < -0.39 is 10.0 Å². The minimum atomic E-state index is -3.74. The predicted octanol–water partition coefficient (Wildman–Crippen LogP) is 2.76. The van der Waals surface area contributed by atoms with Gasteiger partial charge in [-0.15, -0.1) is 0 Å². The molecule has 0 radical (unpaired) electrons. The van der Waals surface area contributed by atoms with Crippen LogP contribution in [-0.2, 0) is 21.4 Å². The van der Waals surface area contributed by atoms with Crippen molar-refractivity contribution in [1.82, 2.24) is 9.21 Å². The van der Waals surface area contributed by atoms with Crippen molar-refractivity contribution in [3.8, 4) is 11.5 Å². The number of methoxy groups -OCH3 is 2. The number of benzene rings is 2. The SMILES string of the molecule is COc1ccc(S(=O)(=O)N2CCC[C@@H](C(=O)N(C)Cc3ccccc3)C2)cc1OC. The molecule has 1 amide bonds. The Labute approximate surface area is 178 Å². The van der Waals surface area contributed by atoms with Crippen molar-refractivity contribution in [2.75, 3.05) is 34.4 Å². The molecule has 1 aliphatic rings. The first-order chi connectivity index (χ1) is 14.4. The van der Waals surface area contributed by atoms with Gasteiger partial charge in [0, 0.05) is 32.7 Å². The molecule has 30 heavy (non-hydrogen) atoms. The van der Waals surface area contributed by atoms with E-state index in [1.807, 2.05) is 30.3 Å². The molecule has 0 spiro atoms. The molecule has 1 atom stereocenters. The molecule has 0 saturated carbocycles. The Kier molecular flexibility index (Phi) is 6.99. The van der Waals surface area contributed by atoms with Gasteiger partial charge in [0.1, 0.15) is 0 Å². The van der Waals surface area contributed by atoms with Crippen LogP contribution >= 0.6 is 0 Å². The largest absolute Gasteiger partial charge is 0.493 e. The summed E-state index contributed by atoms with van der Waals surface area (Å²) >= 11 is 0. The lowest BCUT2D eigenvalue weighted by atomic mass is 9.98. The van der Waals surface area contributed by atoms with E-state index in [1.54, 1.807) is 18.0 Å². The molecule has 0 bridgehead atoms. The zero-order chi connectivity index (χ0) is 21.7. The molecule has 0 aromatic heterocycles. The second-order valence-corrected chi connectivity index (χ2v) is 9.34. The fourth-order valence-corrected chi connectivity index (χ4v) is 5.28. The van der Waals surface area contributed by atoms with Crippen LogP contribution in [0.2, 0.25) is 0 Å². The highest BCUT2D eigenvalue weighted by Gasteiger charge is 2.34. The molecule has 1 saturated heterocycles. The quantitative estimate of drug-likeness (QED) is 0.673. The summed E-state index contributed by atoms with van der Waals surface area (Å²) in [5, 5.41) is 0. The number of piperidine rings is 1. The second-order valence-electron chi connectivity index (χ2n) is 7.40. The first-order valence-electron chi connectivity index (χ1n) is 9.88. The smallest absolute Gasteiger partial charge is 0.243 e. The number of amides is 1. The molecule has 3 rings (SSSR count). The Morgan fingerprint density at radius 2 is 1.80 bits per heavy atom. The van der Waals surface area contributed by atoms with Gasteiger partial charge >= 0.3 is 0 Å². The third kappa shape index (κ3) is 4.76. The molecule has 0 unspecified atom stereocenters. The van der Waals surface area contributed by atoms with Crippen LogP contribution in [0.5, 0.6) is 11.5 Å². The van der Waals surface area contributed by atoms with Crippen LogP contribution in [0.4, 0.5) is 0 Å². The van der Waals surface area contributed by atoms with Crippen molar-refractivity contribution in [3.63, 3.8) is 0 Å². The standard InChI is InChI=1S/C22H28N2O5S/c1-23(15-17-8-5-4-6-9-17)22(25)18-10-7-13-24(16-18)30(26,27)19-11-12-20(28-2)21(14-19)29-3/h4-6,8-9,11-12,14,18H,7,10,13,15-16H2,1-3H3/t18-/m1/s1. The summed E-state index contributed by atoms with van der Waals surface area (Å²) in [6.07, 6.45) is 1.32. The van der Waals surface area contributed by atoms with Gasteiger partial charge in [0.25, 0.3) is 0 Å². The number of hydrogen-bond donors (Lipinski definition) is 0. The second kappa shape index (κ2) is 9.49. The van der Waals surface area contributed by atoms with E-state index in [0.29, 0.717) is 37.4 Å². The van der Waals surface area contributed by atoms with Gasteiger partial charge < -0.3 is 14.4 Å². The van der Waals surface area contributed by atoms with Gasteiger partial charge in [-0.25, -0.2) is 8.42 Å². The number of ether oxygens (including phenoxy) is 2. The third-order valence-corrected chi connectivity index (χ3v) is 7.23. The lowest BCUT2D eigenvalue weighted by Crippen LogP contribution is -2.45. The summed E-state index contributed by atoms with van der Waals surface area (Å²) in [5.74, 6) is 0.421. The lowest BCUT2D eigenvalue weighted by molar-refractivity contribution is -0.135. The molecule has 7 nitrogen and oxygen atoms in total. The van der Waals surface area contributed by atoms with Crippen LogP contribution in [0.25, 0.3) is 0 Å². The van der Waals surface area contributed by atoms with E-state index in [2.05, 4.69) is 0 Å². The van der Waals surface area contributed by atoms with Gasteiger partial charge in [-0.1, -0.05) is 30.3 Å². The topological polar surface area (TPSA) is 76.2 Å². The average molecular weight is 433 g/mol. The fraction of sp³-hybridized carbons (Fsp3) is 0.409. The van der Waals surface area contributed by atoms with E-state index in [9.17, 15) is 13.2 Å². The van der Waals surface area contributed by atoms with Gasteiger partial charge in [0.05, 0.1) is 25.0 Å². The van der Waals surface area contributed by atoms with Crippen LogP contribution in [0, 0.1) is 5.92 Å². The number of hydrogen-bond acceptors (Lipinski definition) is 5.